The fraction of sp³-hybridized carbons (Fsp3) is 0.222. The van der Waals surface area contributed by atoms with Crippen LogP contribution in [0.15, 0.2) is 72.9 Å². The number of hydrogen-bond acceptors (Lipinski definition) is 2. The second-order valence-corrected chi connectivity index (χ2v) is 8.42. The summed E-state index contributed by atoms with van der Waals surface area (Å²) in [6, 6.07) is 19.5. The molecular weight excluding hydrogens is 403 g/mol. The Morgan fingerprint density at radius 3 is 2.72 bits per heavy atom. The average Bonchev–Trinajstić information content (AvgIpc) is 3.14. The summed E-state index contributed by atoms with van der Waals surface area (Å²) < 4.78 is 16.2. The molecule has 1 N–H and O–H groups in total. The highest BCUT2D eigenvalue weighted by molar-refractivity contribution is 5.85. The highest BCUT2D eigenvalue weighted by atomic mass is 19.1. The molecule has 5 heteroatoms. The van der Waals surface area contributed by atoms with Gasteiger partial charge in [-0.1, -0.05) is 42.5 Å². The van der Waals surface area contributed by atoms with Crippen LogP contribution in [0.5, 0.6) is 5.75 Å². The highest BCUT2D eigenvalue weighted by Gasteiger charge is 2.33. The maximum absolute atomic E-state index is 14.1. The number of halogens is 1. The second-order valence-electron chi connectivity index (χ2n) is 8.42. The molecule has 5 rings (SSSR count). The van der Waals surface area contributed by atoms with E-state index in [1.54, 1.807) is 4.90 Å². The minimum atomic E-state index is -0.504. The minimum absolute atomic E-state index is 0.0000403. The number of aryl methyl sites for hydroxylation is 2. The maximum atomic E-state index is 14.1. The van der Waals surface area contributed by atoms with Crippen molar-refractivity contribution in [2.75, 3.05) is 6.54 Å². The van der Waals surface area contributed by atoms with E-state index in [0.717, 1.165) is 34.0 Å². The molecule has 1 atom stereocenters. The normalized spacial score (nSPS) is 15.7. The van der Waals surface area contributed by atoms with Crippen LogP contribution in [0.4, 0.5) is 4.39 Å². The molecule has 32 heavy (non-hydrogen) atoms. The summed E-state index contributed by atoms with van der Waals surface area (Å²) in [6.07, 6.45) is 3.80. The Labute approximate surface area is 186 Å². The number of fused-ring (bicyclic) bond motifs is 2. The van der Waals surface area contributed by atoms with Gasteiger partial charge in [-0.05, 0) is 53.8 Å². The van der Waals surface area contributed by atoms with E-state index in [1.165, 1.54) is 18.2 Å². The van der Waals surface area contributed by atoms with Gasteiger partial charge in [0.1, 0.15) is 11.6 Å². The molecule has 1 aliphatic rings. The van der Waals surface area contributed by atoms with Crippen molar-refractivity contribution in [3.8, 4) is 5.75 Å². The van der Waals surface area contributed by atoms with Gasteiger partial charge in [-0.3, -0.25) is 4.79 Å². The van der Waals surface area contributed by atoms with Gasteiger partial charge in [0.25, 0.3) is 0 Å². The summed E-state index contributed by atoms with van der Waals surface area (Å²) in [5, 5.41) is 11.7. The zero-order valence-electron chi connectivity index (χ0n) is 18.0. The minimum Gasteiger partial charge on any atom is -0.508 e. The SMILES string of the molecule is Cn1cc(CCC(=O)N2CCc3ccccc3C2c2cc(F)ccc2O)c2ccccc21. The van der Waals surface area contributed by atoms with Crippen molar-refractivity contribution in [2.45, 2.75) is 25.3 Å². The molecular formula is C27H25FN2O2. The van der Waals surface area contributed by atoms with E-state index in [-0.39, 0.29) is 11.7 Å². The van der Waals surface area contributed by atoms with Crippen molar-refractivity contribution in [3.63, 3.8) is 0 Å². The van der Waals surface area contributed by atoms with Gasteiger partial charge >= 0.3 is 0 Å². The van der Waals surface area contributed by atoms with Gasteiger partial charge in [0.15, 0.2) is 0 Å². The molecule has 2 heterocycles. The Balaban J connectivity index is 1.47. The fourth-order valence-corrected chi connectivity index (χ4v) is 4.93. The molecule has 0 aliphatic carbocycles. The summed E-state index contributed by atoms with van der Waals surface area (Å²) in [6.45, 7) is 0.534. The van der Waals surface area contributed by atoms with Crippen molar-refractivity contribution in [1.82, 2.24) is 9.47 Å². The van der Waals surface area contributed by atoms with Crippen LogP contribution in [0.25, 0.3) is 10.9 Å². The number of nitrogens with zero attached hydrogens (tertiary/aromatic N) is 2. The number of carbonyl (C=O) groups is 1. The van der Waals surface area contributed by atoms with Crippen LogP contribution in [0.3, 0.4) is 0 Å². The lowest BCUT2D eigenvalue weighted by atomic mass is 9.87. The molecule has 4 aromatic rings. The number of hydrogen-bond donors (Lipinski definition) is 1. The van der Waals surface area contributed by atoms with Gasteiger partial charge in [-0.25, -0.2) is 4.39 Å². The average molecular weight is 429 g/mol. The van der Waals surface area contributed by atoms with Crippen molar-refractivity contribution >= 4 is 16.8 Å². The largest absolute Gasteiger partial charge is 0.508 e. The van der Waals surface area contributed by atoms with Crippen LogP contribution < -0.4 is 0 Å². The van der Waals surface area contributed by atoms with Crippen LogP contribution in [0.1, 0.15) is 34.7 Å². The quantitative estimate of drug-likeness (QED) is 0.490. The van der Waals surface area contributed by atoms with E-state index in [9.17, 15) is 14.3 Å². The summed E-state index contributed by atoms with van der Waals surface area (Å²) in [7, 11) is 2.01. The Hall–Kier alpha value is -3.60. The third-order valence-corrected chi connectivity index (χ3v) is 6.48. The molecule has 3 aromatic carbocycles. The zero-order chi connectivity index (χ0) is 22.2. The van der Waals surface area contributed by atoms with E-state index < -0.39 is 11.9 Å². The molecule has 0 radical (unpaired) electrons. The zero-order valence-corrected chi connectivity index (χ0v) is 18.0. The van der Waals surface area contributed by atoms with Gasteiger partial charge in [0, 0.05) is 42.7 Å². The molecule has 1 amide bonds. The van der Waals surface area contributed by atoms with Crippen LogP contribution in [0, 0.1) is 5.82 Å². The van der Waals surface area contributed by atoms with E-state index in [0.29, 0.717) is 24.9 Å². The molecule has 1 aromatic heterocycles. The molecule has 0 saturated heterocycles. The highest BCUT2D eigenvalue weighted by Crippen LogP contribution is 2.39. The first-order chi connectivity index (χ1) is 15.5. The Kier molecular flexibility index (Phi) is 5.17. The molecule has 0 fully saturated rings. The number of aromatic hydroxyl groups is 1. The second kappa shape index (κ2) is 8.15. The molecule has 4 nitrogen and oxygen atoms in total. The molecule has 0 bridgehead atoms. The van der Waals surface area contributed by atoms with Crippen LogP contribution >= 0.6 is 0 Å². The van der Waals surface area contributed by atoms with Crippen LogP contribution in [-0.2, 0) is 24.7 Å². The van der Waals surface area contributed by atoms with E-state index >= 15 is 0 Å². The summed E-state index contributed by atoms with van der Waals surface area (Å²) in [5.74, 6) is -0.426. The number of phenolic OH excluding ortho intramolecular Hbond substituents is 1. The summed E-state index contributed by atoms with van der Waals surface area (Å²) in [4.78, 5) is 15.2. The molecule has 0 saturated carbocycles. The first-order valence-corrected chi connectivity index (χ1v) is 10.9. The van der Waals surface area contributed by atoms with Gasteiger partial charge in [0.05, 0.1) is 6.04 Å². The number of para-hydroxylation sites is 1. The number of phenols is 1. The Morgan fingerprint density at radius 2 is 1.84 bits per heavy atom. The van der Waals surface area contributed by atoms with Gasteiger partial charge in [0.2, 0.25) is 5.91 Å². The Morgan fingerprint density at radius 1 is 1.06 bits per heavy atom. The first kappa shape index (κ1) is 20.3. The lowest BCUT2D eigenvalue weighted by Gasteiger charge is -2.38. The van der Waals surface area contributed by atoms with E-state index in [1.807, 2.05) is 43.4 Å². The van der Waals surface area contributed by atoms with Gasteiger partial charge in [-0.15, -0.1) is 0 Å². The predicted octanol–water partition coefficient (Wildman–Crippen LogP) is 5.13. The number of rotatable bonds is 4. The Bertz CT molecular complexity index is 1310. The molecule has 162 valence electrons. The van der Waals surface area contributed by atoms with Gasteiger partial charge in [-0.2, -0.15) is 0 Å². The fourth-order valence-electron chi connectivity index (χ4n) is 4.93. The predicted molar refractivity (Wildman–Crippen MR) is 123 cm³/mol. The summed E-state index contributed by atoms with van der Waals surface area (Å²) in [5.41, 5.74) is 4.77. The third-order valence-electron chi connectivity index (χ3n) is 6.48. The number of benzene rings is 3. The van der Waals surface area contributed by atoms with Crippen LogP contribution in [-0.4, -0.2) is 27.0 Å². The van der Waals surface area contributed by atoms with Crippen molar-refractivity contribution in [2.24, 2.45) is 7.05 Å². The topological polar surface area (TPSA) is 45.5 Å². The van der Waals surface area contributed by atoms with Crippen LogP contribution in [0.2, 0.25) is 0 Å². The van der Waals surface area contributed by atoms with Crippen molar-refractivity contribution < 1.29 is 14.3 Å². The first-order valence-electron chi connectivity index (χ1n) is 10.9. The summed E-state index contributed by atoms with van der Waals surface area (Å²) >= 11 is 0. The van der Waals surface area contributed by atoms with E-state index in [2.05, 4.69) is 22.9 Å². The number of amides is 1. The standard InChI is InChI=1S/C27H25FN2O2/c1-29-17-19(21-7-4-5-9-24(21)29)10-13-26(32)30-15-14-18-6-2-3-8-22(18)27(30)23-16-20(28)11-12-25(23)31/h2-9,11-12,16-17,27,31H,10,13-15H2,1H3. The lowest BCUT2D eigenvalue weighted by Crippen LogP contribution is -2.40. The maximum Gasteiger partial charge on any atom is 0.223 e. The smallest absolute Gasteiger partial charge is 0.223 e. The van der Waals surface area contributed by atoms with E-state index in [4.69, 9.17) is 0 Å². The monoisotopic (exact) mass is 428 g/mol. The van der Waals surface area contributed by atoms with Crippen molar-refractivity contribution in [1.29, 1.82) is 0 Å². The number of carbonyl (C=O) groups excluding carboxylic acids is 1. The molecule has 1 aliphatic heterocycles. The third kappa shape index (κ3) is 3.54. The number of aromatic nitrogens is 1. The molecule has 0 spiro atoms. The molecule has 1 unspecified atom stereocenters. The van der Waals surface area contributed by atoms with Crippen molar-refractivity contribution in [3.05, 3.63) is 101 Å². The van der Waals surface area contributed by atoms with Gasteiger partial charge < -0.3 is 14.6 Å². The lowest BCUT2D eigenvalue weighted by molar-refractivity contribution is -0.133.